The van der Waals surface area contributed by atoms with Gasteiger partial charge in [-0.25, -0.2) is 0 Å². The molecule has 3 rings (SSSR count). The molecule has 0 aromatic heterocycles. The van der Waals surface area contributed by atoms with Crippen LogP contribution in [0.2, 0.25) is 0 Å². The van der Waals surface area contributed by atoms with E-state index in [9.17, 15) is 0 Å². The van der Waals surface area contributed by atoms with Gasteiger partial charge in [-0.15, -0.1) is 0 Å². The Morgan fingerprint density at radius 3 is 2.38 bits per heavy atom. The van der Waals surface area contributed by atoms with Crippen molar-refractivity contribution in [3.8, 4) is 0 Å². The maximum atomic E-state index is 2.54. The van der Waals surface area contributed by atoms with Crippen molar-refractivity contribution in [1.29, 1.82) is 0 Å². The molecule has 21 heavy (non-hydrogen) atoms. The Morgan fingerprint density at radius 1 is 0.952 bits per heavy atom. The lowest BCUT2D eigenvalue weighted by atomic mass is 9.64. The quantitative estimate of drug-likeness (QED) is 0.613. The average molecular weight is 280 g/mol. The van der Waals surface area contributed by atoms with Crippen LogP contribution >= 0.6 is 0 Å². The molecule has 1 unspecified atom stereocenters. The number of allylic oxidation sites excluding steroid dienone is 4. The summed E-state index contributed by atoms with van der Waals surface area (Å²) in [6.07, 6.45) is 16.6. The van der Waals surface area contributed by atoms with Gasteiger partial charge in [0, 0.05) is 5.41 Å². The lowest BCUT2D eigenvalue weighted by molar-refractivity contribution is 0.344. The molecule has 1 aromatic carbocycles. The van der Waals surface area contributed by atoms with Gasteiger partial charge in [0.2, 0.25) is 0 Å². The number of benzene rings is 1. The normalized spacial score (nSPS) is 25.2. The van der Waals surface area contributed by atoms with E-state index in [0.717, 1.165) is 5.92 Å². The summed E-state index contributed by atoms with van der Waals surface area (Å²) in [5, 5.41) is 0. The van der Waals surface area contributed by atoms with Crippen molar-refractivity contribution in [3.05, 3.63) is 59.2 Å². The molecule has 1 fully saturated rings. The van der Waals surface area contributed by atoms with E-state index in [-0.39, 0.29) is 5.41 Å². The van der Waals surface area contributed by atoms with Crippen molar-refractivity contribution in [2.45, 2.75) is 64.2 Å². The molecule has 0 heterocycles. The van der Waals surface area contributed by atoms with Crippen LogP contribution in [0.5, 0.6) is 0 Å². The summed E-state index contributed by atoms with van der Waals surface area (Å²) in [4.78, 5) is 0. The van der Waals surface area contributed by atoms with Gasteiger partial charge < -0.3 is 0 Å². The van der Waals surface area contributed by atoms with Gasteiger partial charge in [0.05, 0.1) is 0 Å². The Morgan fingerprint density at radius 2 is 1.67 bits per heavy atom. The first-order valence-corrected chi connectivity index (χ1v) is 8.65. The minimum Gasteiger partial charge on any atom is -0.0840 e. The summed E-state index contributed by atoms with van der Waals surface area (Å²) < 4.78 is 0. The molecular formula is C21H28. The highest BCUT2D eigenvalue weighted by atomic mass is 14.4. The molecule has 2 aliphatic carbocycles. The first kappa shape index (κ1) is 14.6. The largest absolute Gasteiger partial charge is 0.0840 e. The van der Waals surface area contributed by atoms with Gasteiger partial charge in [-0.05, 0) is 49.7 Å². The van der Waals surface area contributed by atoms with E-state index < -0.39 is 0 Å². The zero-order valence-electron chi connectivity index (χ0n) is 13.6. The van der Waals surface area contributed by atoms with E-state index in [1.807, 2.05) is 0 Å². The number of rotatable bonds is 2. The fraction of sp³-hybridized carbons (Fsp3) is 0.524. The maximum absolute atomic E-state index is 2.54. The zero-order valence-corrected chi connectivity index (χ0v) is 13.6. The molecule has 112 valence electrons. The van der Waals surface area contributed by atoms with E-state index in [1.165, 1.54) is 50.5 Å². The molecule has 0 spiro atoms. The third-order valence-corrected chi connectivity index (χ3v) is 5.44. The van der Waals surface area contributed by atoms with Crippen LogP contribution in [0.1, 0.15) is 63.0 Å². The van der Waals surface area contributed by atoms with E-state index in [2.05, 4.69) is 56.3 Å². The van der Waals surface area contributed by atoms with Crippen molar-refractivity contribution in [3.63, 3.8) is 0 Å². The summed E-state index contributed by atoms with van der Waals surface area (Å²) in [5.41, 5.74) is 4.78. The van der Waals surface area contributed by atoms with E-state index in [4.69, 9.17) is 0 Å². The summed E-state index contributed by atoms with van der Waals surface area (Å²) in [5.74, 6) is 0.789. The maximum Gasteiger partial charge on any atom is 0.0199 e. The van der Waals surface area contributed by atoms with E-state index in [1.54, 1.807) is 11.1 Å². The Kier molecular flexibility index (Phi) is 4.33. The van der Waals surface area contributed by atoms with Gasteiger partial charge in [0.25, 0.3) is 0 Å². The smallest absolute Gasteiger partial charge is 0.0199 e. The molecule has 0 aliphatic heterocycles. The fourth-order valence-electron chi connectivity index (χ4n) is 4.05. The molecular weight excluding hydrogens is 252 g/mol. The second kappa shape index (κ2) is 6.22. The second-order valence-corrected chi connectivity index (χ2v) is 7.15. The van der Waals surface area contributed by atoms with E-state index >= 15 is 0 Å². The Hall–Kier alpha value is -1.30. The van der Waals surface area contributed by atoms with Crippen LogP contribution in [0, 0.1) is 12.8 Å². The zero-order chi connectivity index (χ0) is 14.7. The monoisotopic (exact) mass is 280 g/mol. The molecule has 0 heteroatoms. The van der Waals surface area contributed by atoms with Gasteiger partial charge in [-0.2, -0.15) is 0 Å². The van der Waals surface area contributed by atoms with Crippen LogP contribution in [0.3, 0.4) is 0 Å². The fourth-order valence-corrected chi connectivity index (χ4v) is 4.05. The topological polar surface area (TPSA) is 0 Å². The summed E-state index contributed by atoms with van der Waals surface area (Å²) in [6.45, 7) is 4.55. The van der Waals surface area contributed by atoms with Crippen LogP contribution < -0.4 is 0 Å². The van der Waals surface area contributed by atoms with Gasteiger partial charge in [0.15, 0.2) is 0 Å². The standard InChI is InChI=1S/C21H28/c1-17-7-6-8-19(12-9-17)21(15-4-3-5-16-21)20-13-10-18(2)11-14-20/h6,8,10-14,17H,3-5,7,9,15-16H2,1-2H3. The molecule has 1 saturated carbocycles. The summed E-state index contributed by atoms with van der Waals surface area (Å²) in [7, 11) is 0. The third kappa shape index (κ3) is 3.00. The third-order valence-electron chi connectivity index (χ3n) is 5.44. The number of hydrogen-bond donors (Lipinski definition) is 0. The second-order valence-electron chi connectivity index (χ2n) is 7.15. The van der Waals surface area contributed by atoms with Crippen LogP contribution in [0.15, 0.2) is 48.1 Å². The molecule has 0 saturated heterocycles. The van der Waals surface area contributed by atoms with Crippen molar-refractivity contribution in [2.24, 2.45) is 5.92 Å². The van der Waals surface area contributed by atoms with Gasteiger partial charge in [0.1, 0.15) is 0 Å². The highest BCUT2D eigenvalue weighted by Gasteiger charge is 2.36. The van der Waals surface area contributed by atoms with E-state index in [0.29, 0.717) is 0 Å². The SMILES string of the molecule is Cc1ccc(C2(C3=CCC(C)CC=C3)CCCCC2)cc1. The van der Waals surface area contributed by atoms with Crippen LogP contribution in [0.4, 0.5) is 0 Å². The molecule has 0 amide bonds. The minimum atomic E-state index is 0.284. The molecule has 0 nitrogen and oxygen atoms in total. The van der Waals surface area contributed by atoms with Gasteiger partial charge >= 0.3 is 0 Å². The Bertz CT molecular complexity index is 524. The Labute approximate surface area is 130 Å². The molecule has 0 bridgehead atoms. The molecule has 0 N–H and O–H groups in total. The first-order chi connectivity index (χ1) is 10.2. The minimum absolute atomic E-state index is 0.284. The van der Waals surface area contributed by atoms with Crippen molar-refractivity contribution >= 4 is 0 Å². The van der Waals surface area contributed by atoms with Crippen molar-refractivity contribution in [2.75, 3.05) is 0 Å². The van der Waals surface area contributed by atoms with Crippen LogP contribution in [-0.4, -0.2) is 0 Å². The van der Waals surface area contributed by atoms with Gasteiger partial charge in [-0.1, -0.05) is 74.2 Å². The predicted octanol–water partition coefficient (Wildman–Crippen LogP) is 6.11. The van der Waals surface area contributed by atoms with Crippen molar-refractivity contribution < 1.29 is 0 Å². The van der Waals surface area contributed by atoms with Crippen molar-refractivity contribution in [1.82, 2.24) is 0 Å². The number of aryl methyl sites for hydroxylation is 1. The van der Waals surface area contributed by atoms with Crippen LogP contribution in [-0.2, 0) is 5.41 Å². The lowest BCUT2D eigenvalue weighted by Gasteiger charge is -2.39. The predicted molar refractivity (Wildman–Crippen MR) is 91.6 cm³/mol. The number of hydrogen-bond acceptors (Lipinski definition) is 0. The summed E-state index contributed by atoms with van der Waals surface area (Å²) in [6, 6.07) is 9.33. The average Bonchev–Trinajstić information content (AvgIpc) is 2.74. The molecule has 1 aromatic rings. The highest BCUT2D eigenvalue weighted by Crippen LogP contribution is 2.46. The first-order valence-electron chi connectivity index (χ1n) is 8.65. The summed E-state index contributed by atoms with van der Waals surface area (Å²) >= 11 is 0. The highest BCUT2D eigenvalue weighted by molar-refractivity contribution is 5.43. The van der Waals surface area contributed by atoms with Crippen LogP contribution in [0.25, 0.3) is 0 Å². The lowest BCUT2D eigenvalue weighted by Crippen LogP contribution is -2.30. The Balaban J connectivity index is 2.02. The molecule has 1 atom stereocenters. The van der Waals surface area contributed by atoms with Gasteiger partial charge in [-0.3, -0.25) is 0 Å². The molecule has 2 aliphatic rings. The molecule has 0 radical (unpaired) electrons.